The van der Waals surface area contributed by atoms with E-state index in [1.165, 1.54) is 7.11 Å². The Kier molecular flexibility index (Phi) is 2.22. The number of oxazole rings is 1. The van der Waals surface area contributed by atoms with Crippen molar-refractivity contribution in [2.24, 2.45) is 0 Å². The summed E-state index contributed by atoms with van der Waals surface area (Å²) in [6, 6.07) is 0. The number of methoxy groups -OCH3 is 1. The molecule has 0 bridgehead atoms. The topological polar surface area (TPSA) is 72.6 Å². The Bertz CT molecular complexity index is 255. The van der Waals surface area contributed by atoms with Crippen molar-refractivity contribution >= 4 is 5.97 Å². The van der Waals surface area contributed by atoms with Crippen molar-refractivity contribution in [1.82, 2.24) is 4.98 Å². The van der Waals surface area contributed by atoms with Crippen molar-refractivity contribution < 1.29 is 19.1 Å². The Morgan fingerprint density at radius 3 is 3.18 bits per heavy atom. The number of carbonyl (C=O) groups is 1. The number of aromatic nitrogens is 1. The molecule has 0 saturated carbocycles. The van der Waals surface area contributed by atoms with E-state index in [0.717, 1.165) is 6.39 Å². The highest BCUT2D eigenvalue weighted by Crippen LogP contribution is 2.06. The highest BCUT2D eigenvalue weighted by atomic mass is 16.5. The van der Waals surface area contributed by atoms with E-state index in [1.807, 2.05) is 0 Å². The van der Waals surface area contributed by atoms with Crippen LogP contribution in [0, 0.1) is 0 Å². The average Bonchev–Trinajstić information content (AvgIpc) is 2.50. The van der Waals surface area contributed by atoms with Gasteiger partial charge in [0.05, 0.1) is 7.11 Å². The molecular weight excluding hydrogens is 150 g/mol. The second-order valence-corrected chi connectivity index (χ2v) is 1.77. The van der Waals surface area contributed by atoms with E-state index in [-0.39, 0.29) is 18.1 Å². The Morgan fingerprint density at radius 1 is 1.91 bits per heavy atom. The fourth-order valence-corrected chi connectivity index (χ4v) is 0.646. The number of esters is 1. The molecule has 0 atom stereocenters. The molecule has 0 amide bonds. The minimum Gasteiger partial charge on any atom is -0.464 e. The zero-order valence-corrected chi connectivity index (χ0v) is 5.90. The van der Waals surface area contributed by atoms with E-state index >= 15 is 0 Å². The molecule has 0 radical (unpaired) electrons. The molecule has 0 aliphatic heterocycles. The van der Waals surface area contributed by atoms with Gasteiger partial charge in [0.15, 0.2) is 17.8 Å². The van der Waals surface area contributed by atoms with Gasteiger partial charge in [0.1, 0.15) is 6.61 Å². The number of nitrogens with zero attached hydrogens (tertiary/aromatic N) is 1. The molecule has 11 heavy (non-hydrogen) atoms. The van der Waals surface area contributed by atoms with Crippen LogP contribution in [0.3, 0.4) is 0 Å². The molecule has 1 aromatic heterocycles. The molecule has 0 unspecified atom stereocenters. The van der Waals surface area contributed by atoms with Crippen LogP contribution >= 0.6 is 0 Å². The van der Waals surface area contributed by atoms with Gasteiger partial charge in [-0.05, 0) is 0 Å². The van der Waals surface area contributed by atoms with Gasteiger partial charge in [0.25, 0.3) is 0 Å². The van der Waals surface area contributed by atoms with Gasteiger partial charge in [-0.15, -0.1) is 0 Å². The predicted octanol–water partition coefficient (Wildman–Crippen LogP) is -0.0465. The van der Waals surface area contributed by atoms with E-state index in [1.54, 1.807) is 0 Å². The van der Waals surface area contributed by atoms with E-state index in [0.29, 0.717) is 0 Å². The second-order valence-electron chi connectivity index (χ2n) is 1.77. The maximum Gasteiger partial charge on any atom is 0.360 e. The van der Waals surface area contributed by atoms with Crippen LogP contribution in [-0.4, -0.2) is 23.2 Å². The maximum atomic E-state index is 10.8. The quantitative estimate of drug-likeness (QED) is 0.609. The molecule has 5 nitrogen and oxygen atoms in total. The first-order valence-electron chi connectivity index (χ1n) is 2.91. The summed E-state index contributed by atoms with van der Waals surface area (Å²) in [6.45, 7) is -0.357. The van der Waals surface area contributed by atoms with Gasteiger partial charge in [0, 0.05) is 0 Å². The molecule has 0 spiro atoms. The summed E-state index contributed by atoms with van der Waals surface area (Å²) in [5.74, 6) is -0.486. The number of carbonyl (C=O) groups excluding carboxylic acids is 1. The number of ether oxygens (including phenoxy) is 1. The molecule has 1 aromatic rings. The fourth-order valence-electron chi connectivity index (χ4n) is 0.646. The molecule has 1 N–H and O–H groups in total. The zero-order valence-electron chi connectivity index (χ0n) is 5.90. The van der Waals surface area contributed by atoms with Crippen LogP contribution in [0.5, 0.6) is 0 Å². The number of rotatable bonds is 2. The molecule has 0 saturated heterocycles. The lowest BCUT2D eigenvalue weighted by Gasteiger charge is -1.93. The lowest BCUT2D eigenvalue weighted by atomic mass is 10.3. The van der Waals surface area contributed by atoms with Crippen molar-refractivity contribution in [1.29, 1.82) is 0 Å². The highest BCUT2D eigenvalue weighted by molar-refractivity contribution is 5.87. The third-order valence-corrected chi connectivity index (χ3v) is 1.16. The fraction of sp³-hybridized carbons (Fsp3) is 0.333. The first-order valence-corrected chi connectivity index (χ1v) is 2.91. The largest absolute Gasteiger partial charge is 0.464 e. The van der Waals surface area contributed by atoms with Crippen LogP contribution in [0.25, 0.3) is 0 Å². The SMILES string of the molecule is COC(=O)c1ncoc1CO. The highest BCUT2D eigenvalue weighted by Gasteiger charge is 2.15. The molecule has 60 valence electrons. The summed E-state index contributed by atoms with van der Waals surface area (Å²) in [7, 11) is 1.23. The summed E-state index contributed by atoms with van der Waals surface area (Å²) >= 11 is 0. The van der Waals surface area contributed by atoms with Crippen molar-refractivity contribution in [3.63, 3.8) is 0 Å². The van der Waals surface area contributed by atoms with Gasteiger partial charge in [-0.2, -0.15) is 0 Å². The first kappa shape index (κ1) is 7.74. The van der Waals surface area contributed by atoms with Gasteiger partial charge in [0.2, 0.25) is 0 Å². The lowest BCUT2D eigenvalue weighted by molar-refractivity contribution is 0.0589. The summed E-state index contributed by atoms with van der Waals surface area (Å²) in [5.41, 5.74) is 0.0231. The standard InChI is InChI=1S/C6H7NO4/c1-10-6(9)5-4(2-8)11-3-7-5/h3,8H,2H2,1H3. The lowest BCUT2D eigenvalue weighted by Crippen LogP contribution is -2.04. The molecule has 5 heteroatoms. The van der Waals surface area contributed by atoms with Crippen molar-refractivity contribution in [3.05, 3.63) is 17.8 Å². The number of hydrogen-bond donors (Lipinski definition) is 1. The minimum atomic E-state index is -0.609. The Hall–Kier alpha value is -1.36. The summed E-state index contributed by atoms with van der Waals surface area (Å²) in [6.07, 6.45) is 1.08. The van der Waals surface area contributed by atoms with Crippen molar-refractivity contribution in [2.75, 3.05) is 7.11 Å². The van der Waals surface area contributed by atoms with E-state index in [2.05, 4.69) is 14.1 Å². The van der Waals surface area contributed by atoms with Gasteiger partial charge in [-0.25, -0.2) is 9.78 Å². The third kappa shape index (κ3) is 1.38. The second kappa shape index (κ2) is 3.16. The average molecular weight is 157 g/mol. The van der Waals surface area contributed by atoms with Crippen LogP contribution < -0.4 is 0 Å². The van der Waals surface area contributed by atoms with E-state index in [9.17, 15) is 4.79 Å². The van der Waals surface area contributed by atoms with Gasteiger partial charge < -0.3 is 14.3 Å². The Labute approximate surface area is 62.6 Å². The monoisotopic (exact) mass is 157 g/mol. The number of hydrogen-bond acceptors (Lipinski definition) is 5. The van der Waals surface area contributed by atoms with Crippen LogP contribution in [0.4, 0.5) is 0 Å². The van der Waals surface area contributed by atoms with Gasteiger partial charge in [-0.3, -0.25) is 0 Å². The maximum absolute atomic E-state index is 10.8. The van der Waals surface area contributed by atoms with Crippen LogP contribution in [0.15, 0.2) is 10.8 Å². The Morgan fingerprint density at radius 2 is 2.64 bits per heavy atom. The first-order chi connectivity index (χ1) is 5.29. The van der Waals surface area contributed by atoms with E-state index < -0.39 is 5.97 Å². The molecule has 1 rings (SSSR count). The summed E-state index contributed by atoms with van der Waals surface area (Å²) in [5, 5.41) is 8.61. The van der Waals surface area contributed by atoms with E-state index in [4.69, 9.17) is 5.11 Å². The van der Waals surface area contributed by atoms with Gasteiger partial charge in [-0.1, -0.05) is 0 Å². The Balaban J connectivity index is 2.92. The molecule has 0 aromatic carbocycles. The molecule has 0 aliphatic rings. The zero-order chi connectivity index (χ0) is 8.27. The predicted molar refractivity (Wildman–Crippen MR) is 33.8 cm³/mol. The van der Waals surface area contributed by atoms with Crippen LogP contribution in [0.2, 0.25) is 0 Å². The molecular formula is C6H7NO4. The minimum absolute atomic E-state index is 0.0231. The smallest absolute Gasteiger partial charge is 0.360 e. The van der Waals surface area contributed by atoms with Gasteiger partial charge >= 0.3 is 5.97 Å². The molecule has 1 heterocycles. The van der Waals surface area contributed by atoms with Crippen LogP contribution in [0.1, 0.15) is 16.2 Å². The normalized spacial score (nSPS) is 9.64. The molecule has 0 aliphatic carbocycles. The third-order valence-electron chi connectivity index (χ3n) is 1.16. The van der Waals surface area contributed by atoms with Crippen molar-refractivity contribution in [3.8, 4) is 0 Å². The number of aliphatic hydroxyl groups is 1. The summed E-state index contributed by atoms with van der Waals surface area (Å²) < 4.78 is 9.04. The van der Waals surface area contributed by atoms with Crippen LogP contribution in [-0.2, 0) is 11.3 Å². The number of aliphatic hydroxyl groups excluding tert-OH is 1. The summed E-state index contributed by atoms with van der Waals surface area (Å²) in [4.78, 5) is 14.4. The van der Waals surface area contributed by atoms with Crippen molar-refractivity contribution in [2.45, 2.75) is 6.61 Å². The molecule has 0 fully saturated rings.